The monoisotopic (exact) mass is 284 g/mol. The summed E-state index contributed by atoms with van der Waals surface area (Å²) in [6, 6.07) is 5.21. The fourth-order valence-electron chi connectivity index (χ4n) is 2.22. The van der Waals surface area contributed by atoms with Crippen molar-refractivity contribution in [3.8, 4) is 5.75 Å². The number of carbonyl (C=O) groups is 1. The van der Waals surface area contributed by atoms with Gasteiger partial charge in [-0.1, -0.05) is 11.6 Å². The number of carbonyl (C=O) groups excluding carboxylic acids is 1. The van der Waals surface area contributed by atoms with Crippen molar-refractivity contribution in [3.05, 3.63) is 28.8 Å². The average Bonchev–Trinajstić information content (AvgIpc) is 2.39. The molecule has 1 aromatic carbocycles. The van der Waals surface area contributed by atoms with E-state index in [1.165, 1.54) is 11.5 Å². The molecule has 4 heteroatoms. The molecule has 98 valence electrons. The Hall–Kier alpha value is -0.670. The van der Waals surface area contributed by atoms with E-state index in [9.17, 15) is 4.79 Å². The average molecular weight is 285 g/mol. The van der Waals surface area contributed by atoms with Gasteiger partial charge in [-0.05, 0) is 48.5 Å². The van der Waals surface area contributed by atoms with Crippen molar-refractivity contribution in [2.45, 2.75) is 19.3 Å². The summed E-state index contributed by atoms with van der Waals surface area (Å²) in [5, 5.41) is 0.595. The zero-order chi connectivity index (χ0) is 13.0. The number of hydrogen-bond acceptors (Lipinski definition) is 3. The highest BCUT2D eigenvalue weighted by molar-refractivity contribution is 7.99. The van der Waals surface area contributed by atoms with E-state index in [-0.39, 0.29) is 5.78 Å². The van der Waals surface area contributed by atoms with Crippen molar-refractivity contribution in [2.75, 3.05) is 18.6 Å². The Kier molecular flexibility index (Phi) is 4.95. The maximum atomic E-state index is 12.3. The number of ketones is 1. The predicted octanol–water partition coefficient (Wildman–Crippen LogP) is 4.06. The largest absolute Gasteiger partial charge is 0.496 e. The van der Waals surface area contributed by atoms with Gasteiger partial charge in [-0.3, -0.25) is 4.79 Å². The van der Waals surface area contributed by atoms with Crippen molar-refractivity contribution in [1.29, 1.82) is 0 Å². The van der Waals surface area contributed by atoms with Gasteiger partial charge in [0.1, 0.15) is 5.75 Å². The van der Waals surface area contributed by atoms with Crippen LogP contribution in [0, 0.1) is 5.92 Å². The lowest BCUT2D eigenvalue weighted by Crippen LogP contribution is -2.15. The zero-order valence-corrected chi connectivity index (χ0v) is 12.0. The second-order valence-corrected chi connectivity index (χ2v) is 6.19. The van der Waals surface area contributed by atoms with Crippen LogP contribution in [0.25, 0.3) is 0 Å². The summed E-state index contributed by atoms with van der Waals surface area (Å²) in [7, 11) is 1.57. The zero-order valence-electron chi connectivity index (χ0n) is 10.4. The lowest BCUT2D eigenvalue weighted by atomic mass is 9.93. The maximum absolute atomic E-state index is 12.3. The van der Waals surface area contributed by atoms with E-state index in [0.717, 1.165) is 12.8 Å². The number of ether oxygens (including phenoxy) is 1. The van der Waals surface area contributed by atoms with Gasteiger partial charge in [0, 0.05) is 11.4 Å². The third kappa shape index (κ3) is 3.42. The van der Waals surface area contributed by atoms with Crippen LogP contribution >= 0.6 is 23.4 Å². The smallest absolute Gasteiger partial charge is 0.166 e. The molecule has 2 rings (SSSR count). The molecule has 0 spiro atoms. The topological polar surface area (TPSA) is 26.3 Å². The molecule has 0 unspecified atom stereocenters. The molecular weight excluding hydrogens is 268 g/mol. The van der Waals surface area contributed by atoms with E-state index >= 15 is 0 Å². The number of benzene rings is 1. The Morgan fingerprint density at radius 1 is 1.44 bits per heavy atom. The normalized spacial score (nSPS) is 16.6. The quantitative estimate of drug-likeness (QED) is 0.780. The standard InChI is InChI=1S/C14H17ClO2S/c1-17-14-9-11(15)2-3-12(14)13(16)8-10-4-6-18-7-5-10/h2-3,9-10H,4-8H2,1H3. The van der Waals surface area contributed by atoms with Crippen LogP contribution < -0.4 is 4.74 Å². The van der Waals surface area contributed by atoms with Crippen LogP contribution in [0.5, 0.6) is 5.75 Å². The van der Waals surface area contributed by atoms with Crippen LogP contribution in [0.15, 0.2) is 18.2 Å². The number of halogens is 1. The molecule has 0 bridgehead atoms. The molecule has 0 amide bonds. The fraction of sp³-hybridized carbons (Fsp3) is 0.500. The Balaban J connectivity index is 2.08. The highest BCUT2D eigenvalue weighted by atomic mass is 35.5. The summed E-state index contributed by atoms with van der Waals surface area (Å²) < 4.78 is 5.23. The third-order valence-corrected chi connectivity index (χ3v) is 4.56. The van der Waals surface area contributed by atoms with Gasteiger partial charge >= 0.3 is 0 Å². The van der Waals surface area contributed by atoms with Gasteiger partial charge in [-0.25, -0.2) is 0 Å². The molecule has 0 aromatic heterocycles. The van der Waals surface area contributed by atoms with E-state index in [1.807, 2.05) is 11.8 Å². The first kappa shape index (κ1) is 13.8. The van der Waals surface area contributed by atoms with Crippen molar-refractivity contribution >= 4 is 29.1 Å². The second-order valence-electron chi connectivity index (χ2n) is 4.53. The van der Waals surface area contributed by atoms with Crippen LogP contribution in [0.3, 0.4) is 0 Å². The van der Waals surface area contributed by atoms with Crippen LogP contribution in [0.2, 0.25) is 5.02 Å². The van der Waals surface area contributed by atoms with Gasteiger partial charge < -0.3 is 4.74 Å². The Morgan fingerprint density at radius 3 is 2.83 bits per heavy atom. The molecule has 0 radical (unpaired) electrons. The fourth-order valence-corrected chi connectivity index (χ4v) is 3.58. The molecule has 0 atom stereocenters. The molecular formula is C14H17ClO2S. The Labute approximate surface area is 117 Å². The summed E-state index contributed by atoms with van der Waals surface area (Å²) in [6.07, 6.45) is 2.91. The molecule has 1 fully saturated rings. The van der Waals surface area contributed by atoms with Gasteiger partial charge in [0.15, 0.2) is 5.78 Å². The maximum Gasteiger partial charge on any atom is 0.166 e. The first-order valence-corrected chi connectivity index (χ1v) is 7.68. The van der Waals surface area contributed by atoms with Crippen LogP contribution in [0.4, 0.5) is 0 Å². The van der Waals surface area contributed by atoms with Crippen LogP contribution in [-0.2, 0) is 0 Å². The van der Waals surface area contributed by atoms with Crippen molar-refractivity contribution in [3.63, 3.8) is 0 Å². The van der Waals surface area contributed by atoms with E-state index in [4.69, 9.17) is 16.3 Å². The number of thioether (sulfide) groups is 1. The summed E-state index contributed by atoms with van der Waals surface area (Å²) >= 11 is 7.88. The Bertz CT molecular complexity index is 428. The van der Waals surface area contributed by atoms with E-state index in [1.54, 1.807) is 25.3 Å². The third-order valence-electron chi connectivity index (χ3n) is 3.28. The van der Waals surface area contributed by atoms with Crippen molar-refractivity contribution in [2.24, 2.45) is 5.92 Å². The van der Waals surface area contributed by atoms with E-state index in [2.05, 4.69) is 0 Å². The van der Waals surface area contributed by atoms with Gasteiger partial charge in [0.05, 0.1) is 12.7 Å². The van der Waals surface area contributed by atoms with Gasteiger partial charge in [0.25, 0.3) is 0 Å². The molecule has 18 heavy (non-hydrogen) atoms. The highest BCUT2D eigenvalue weighted by Crippen LogP contribution is 2.29. The lowest BCUT2D eigenvalue weighted by Gasteiger charge is -2.20. The first-order chi connectivity index (χ1) is 8.70. The molecule has 1 saturated heterocycles. The number of methoxy groups -OCH3 is 1. The first-order valence-electron chi connectivity index (χ1n) is 6.15. The molecule has 1 aliphatic rings. The number of hydrogen-bond donors (Lipinski definition) is 0. The SMILES string of the molecule is COc1cc(Cl)ccc1C(=O)CC1CCSCC1. The molecule has 0 aliphatic carbocycles. The number of Topliss-reactive ketones (excluding diaryl/α,β-unsaturated/α-hetero) is 1. The molecule has 1 heterocycles. The summed E-state index contributed by atoms with van der Waals surface area (Å²) in [5.41, 5.74) is 0.653. The molecule has 0 saturated carbocycles. The molecule has 0 N–H and O–H groups in total. The predicted molar refractivity (Wildman–Crippen MR) is 77.0 cm³/mol. The van der Waals surface area contributed by atoms with Crippen LogP contribution in [-0.4, -0.2) is 24.4 Å². The number of rotatable bonds is 4. The van der Waals surface area contributed by atoms with Crippen LogP contribution in [0.1, 0.15) is 29.6 Å². The summed E-state index contributed by atoms with van der Waals surface area (Å²) in [4.78, 5) is 12.3. The molecule has 1 aliphatic heterocycles. The highest BCUT2D eigenvalue weighted by Gasteiger charge is 2.20. The summed E-state index contributed by atoms with van der Waals surface area (Å²) in [6.45, 7) is 0. The summed E-state index contributed by atoms with van der Waals surface area (Å²) in [5.74, 6) is 3.63. The lowest BCUT2D eigenvalue weighted by molar-refractivity contribution is 0.0955. The minimum Gasteiger partial charge on any atom is -0.496 e. The van der Waals surface area contributed by atoms with E-state index in [0.29, 0.717) is 28.7 Å². The second kappa shape index (κ2) is 6.48. The van der Waals surface area contributed by atoms with Gasteiger partial charge in [-0.15, -0.1) is 0 Å². The van der Waals surface area contributed by atoms with Crippen molar-refractivity contribution in [1.82, 2.24) is 0 Å². The minimum absolute atomic E-state index is 0.167. The van der Waals surface area contributed by atoms with Gasteiger partial charge in [-0.2, -0.15) is 11.8 Å². The van der Waals surface area contributed by atoms with Crippen molar-refractivity contribution < 1.29 is 9.53 Å². The molecule has 1 aromatic rings. The minimum atomic E-state index is 0.167. The Morgan fingerprint density at radius 2 is 2.17 bits per heavy atom. The molecule has 2 nitrogen and oxygen atoms in total. The van der Waals surface area contributed by atoms with E-state index < -0.39 is 0 Å². The van der Waals surface area contributed by atoms with Gasteiger partial charge in [0.2, 0.25) is 0 Å².